The van der Waals surface area contributed by atoms with Crippen LogP contribution in [0.2, 0.25) is 0 Å². The topological polar surface area (TPSA) is 99.1 Å². The van der Waals surface area contributed by atoms with Gasteiger partial charge in [-0.2, -0.15) is 5.26 Å². The minimum Gasteiger partial charge on any atom is -0.352 e. The van der Waals surface area contributed by atoms with Crippen LogP contribution in [-0.2, 0) is 14.8 Å². The van der Waals surface area contributed by atoms with Crippen molar-refractivity contribution in [2.75, 3.05) is 0 Å². The van der Waals surface area contributed by atoms with Crippen molar-refractivity contribution >= 4 is 15.9 Å². The summed E-state index contributed by atoms with van der Waals surface area (Å²) >= 11 is 0. The average Bonchev–Trinajstić information content (AvgIpc) is 2.41. The van der Waals surface area contributed by atoms with Gasteiger partial charge in [-0.25, -0.2) is 13.1 Å². The number of aryl methyl sites for hydroxylation is 1. The highest BCUT2D eigenvalue weighted by atomic mass is 32.2. The van der Waals surface area contributed by atoms with E-state index in [4.69, 9.17) is 5.26 Å². The summed E-state index contributed by atoms with van der Waals surface area (Å²) in [4.78, 5) is 11.4. The number of carbonyl (C=O) groups excluding carboxylic acids is 1. The lowest BCUT2D eigenvalue weighted by Gasteiger charge is -2.30. The molecule has 1 aromatic carbocycles. The zero-order chi connectivity index (χ0) is 15.6. The highest BCUT2D eigenvalue weighted by molar-refractivity contribution is 7.89. The molecular formula is C14H17N3O3S. The number of nitrogens with zero attached hydrogens (tertiary/aromatic N) is 1. The molecule has 2 unspecified atom stereocenters. The number of rotatable bonds is 3. The summed E-state index contributed by atoms with van der Waals surface area (Å²) < 4.78 is 27.5. The minimum atomic E-state index is -3.68. The van der Waals surface area contributed by atoms with Crippen molar-refractivity contribution in [3.8, 4) is 6.07 Å². The van der Waals surface area contributed by atoms with Gasteiger partial charge in [0.25, 0.3) is 0 Å². The number of carbonyl (C=O) groups is 1. The third-order valence-corrected chi connectivity index (χ3v) is 5.22. The van der Waals surface area contributed by atoms with Crippen molar-refractivity contribution in [2.45, 2.75) is 43.7 Å². The fourth-order valence-corrected chi connectivity index (χ4v) is 3.99. The predicted octanol–water partition coefficient (Wildman–Crippen LogP) is 0.812. The van der Waals surface area contributed by atoms with E-state index in [0.717, 1.165) is 0 Å². The van der Waals surface area contributed by atoms with Gasteiger partial charge in [0.1, 0.15) is 0 Å². The van der Waals surface area contributed by atoms with Crippen LogP contribution in [0.1, 0.15) is 30.9 Å². The standard InChI is InChI=1S/C14H17N3O3S/c1-9-7-11(8-15)3-5-13(9)21(19,20)17-12-4-6-14(18)16-10(12)2/h3,5,7,10,12,17H,4,6H2,1-2H3,(H,16,18). The summed E-state index contributed by atoms with van der Waals surface area (Å²) in [6, 6.07) is 5.85. The normalized spacial score (nSPS) is 22.4. The molecule has 0 radical (unpaired) electrons. The Labute approximate surface area is 124 Å². The maximum Gasteiger partial charge on any atom is 0.241 e. The third kappa shape index (κ3) is 3.40. The Morgan fingerprint density at radius 3 is 2.71 bits per heavy atom. The van der Waals surface area contributed by atoms with Gasteiger partial charge in [0, 0.05) is 18.5 Å². The molecule has 1 saturated heterocycles. The maximum absolute atomic E-state index is 12.4. The Bertz CT molecular complexity index is 707. The second-order valence-corrected chi connectivity index (χ2v) is 6.90. The quantitative estimate of drug-likeness (QED) is 0.863. The van der Waals surface area contributed by atoms with E-state index in [-0.39, 0.29) is 22.9 Å². The Kier molecular flexibility index (Phi) is 4.30. The molecule has 2 atom stereocenters. The summed E-state index contributed by atoms with van der Waals surface area (Å²) in [6.07, 6.45) is 0.783. The Morgan fingerprint density at radius 1 is 1.43 bits per heavy atom. The van der Waals surface area contributed by atoms with E-state index in [1.165, 1.54) is 12.1 Å². The Hall–Kier alpha value is -1.91. The van der Waals surface area contributed by atoms with E-state index in [1.807, 2.05) is 6.07 Å². The van der Waals surface area contributed by atoms with Gasteiger partial charge in [-0.05, 0) is 44.0 Å². The van der Waals surface area contributed by atoms with E-state index >= 15 is 0 Å². The predicted molar refractivity (Wildman–Crippen MR) is 76.8 cm³/mol. The first-order valence-electron chi connectivity index (χ1n) is 6.66. The molecule has 1 aromatic rings. The Morgan fingerprint density at radius 2 is 2.14 bits per heavy atom. The van der Waals surface area contributed by atoms with Crippen LogP contribution in [0.4, 0.5) is 0 Å². The largest absolute Gasteiger partial charge is 0.352 e. The van der Waals surface area contributed by atoms with Gasteiger partial charge < -0.3 is 5.32 Å². The number of nitrogens with one attached hydrogen (secondary N) is 2. The lowest BCUT2D eigenvalue weighted by molar-refractivity contribution is -0.123. The molecule has 0 aliphatic carbocycles. The first-order valence-corrected chi connectivity index (χ1v) is 8.14. The third-order valence-electron chi connectivity index (χ3n) is 3.57. The fraction of sp³-hybridized carbons (Fsp3) is 0.429. The fourth-order valence-electron chi connectivity index (χ4n) is 2.41. The molecule has 7 heteroatoms. The summed E-state index contributed by atoms with van der Waals surface area (Å²) in [7, 11) is -3.68. The second kappa shape index (κ2) is 5.84. The summed E-state index contributed by atoms with van der Waals surface area (Å²) in [5.41, 5.74) is 0.943. The number of amides is 1. The molecule has 21 heavy (non-hydrogen) atoms. The molecule has 1 heterocycles. The van der Waals surface area contributed by atoms with Gasteiger partial charge in [0.15, 0.2) is 0 Å². The Balaban J connectivity index is 2.23. The van der Waals surface area contributed by atoms with Gasteiger partial charge in [0.05, 0.1) is 16.5 Å². The number of sulfonamides is 1. The molecule has 1 amide bonds. The number of benzene rings is 1. The lowest BCUT2D eigenvalue weighted by Crippen LogP contribution is -2.53. The zero-order valence-electron chi connectivity index (χ0n) is 11.9. The minimum absolute atomic E-state index is 0.0625. The van der Waals surface area contributed by atoms with Crippen LogP contribution in [0.15, 0.2) is 23.1 Å². The molecule has 1 aliphatic heterocycles. The number of nitriles is 1. The second-order valence-electron chi connectivity index (χ2n) is 5.21. The molecule has 0 saturated carbocycles. The average molecular weight is 307 g/mol. The van der Waals surface area contributed by atoms with Crippen LogP contribution in [-0.4, -0.2) is 26.4 Å². The van der Waals surface area contributed by atoms with E-state index in [9.17, 15) is 13.2 Å². The van der Waals surface area contributed by atoms with Crippen LogP contribution >= 0.6 is 0 Å². The van der Waals surface area contributed by atoms with Crippen molar-refractivity contribution in [3.05, 3.63) is 29.3 Å². The number of piperidine rings is 1. The van der Waals surface area contributed by atoms with Crippen molar-refractivity contribution in [3.63, 3.8) is 0 Å². The van der Waals surface area contributed by atoms with Gasteiger partial charge in [0.2, 0.25) is 15.9 Å². The zero-order valence-corrected chi connectivity index (χ0v) is 12.7. The van der Waals surface area contributed by atoms with E-state index in [2.05, 4.69) is 10.0 Å². The van der Waals surface area contributed by atoms with E-state index in [0.29, 0.717) is 24.0 Å². The van der Waals surface area contributed by atoms with E-state index < -0.39 is 10.0 Å². The molecule has 1 fully saturated rings. The summed E-state index contributed by atoms with van der Waals surface area (Å²) in [5, 5.41) is 11.5. The van der Waals surface area contributed by atoms with Crippen molar-refractivity contribution in [1.29, 1.82) is 5.26 Å². The number of hydrogen-bond acceptors (Lipinski definition) is 4. The lowest BCUT2D eigenvalue weighted by atomic mass is 10.0. The van der Waals surface area contributed by atoms with Crippen LogP contribution in [0.25, 0.3) is 0 Å². The van der Waals surface area contributed by atoms with E-state index in [1.54, 1.807) is 19.9 Å². The van der Waals surface area contributed by atoms with Gasteiger partial charge in [-0.15, -0.1) is 0 Å². The molecule has 2 N–H and O–H groups in total. The SMILES string of the molecule is Cc1cc(C#N)ccc1S(=O)(=O)NC1CCC(=O)NC1C. The summed E-state index contributed by atoms with van der Waals surface area (Å²) in [6.45, 7) is 3.43. The van der Waals surface area contributed by atoms with Crippen LogP contribution in [0.3, 0.4) is 0 Å². The molecule has 0 aromatic heterocycles. The van der Waals surface area contributed by atoms with Gasteiger partial charge in [-0.3, -0.25) is 4.79 Å². The van der Waals surface area contributed by atoms with Crippen LogP contribution < -0.4 is 10.0 Å². The smallest absolute Gasteiger partial charge is 0.241 e. The van der Waals surface area contributed by atoms with Crippen molar-refractivity contribution < 1.29 is 13.2 Å². The molecule has 1 aliphatic rings. The molecule has 6 nitrogen and oxygen atoms in total. The molecule has 0 bridgehead atoms. The van der Waals surface area contributed by atoms with Crippen LogP contribution in [0, 0.1) is 18.3 Å². The number of hydrogen-bond donors (Lipinski definition) is 2. The van der Waals surface area contributed by atoms with Gasteiger partial charge in [-0.1, -0.05) is 0 Å². The maximum atomic E-state index is 12.4. The molecular weight excluding hydrogens is 290 g/mol. The summed E-state index contributed by atoms with van der Waals surface area (Å²) in [5.74, 6) is -0.0625. The van der Waals surface area contributed by atoms with Crippen LogP contribution in [0.5, 0.6) is 0 Å². The monoisotopic (exact) mass is 307 g/mol. The first kappa shape index (κ1) is 15.5. The molecule has 112 valence electrons. The van der Waals surface area contributed by atoms with Crippen molar-refractivity contribution in [1.82, 2.24) is 10.0 Å². The molecule has 0 spiro atoms. The highest BCUT2D eigenvalue weighted by Gasteiger charge is 2.30. The molecule has 2 rings (SSSR count). The van der Waals surface area contributed by atoms with Crippen molar-refractivity contribution in [2.24, 2.45) is 0 Å². The first-order chi connectivity index (χ1) is 9.83. The van der Waals surface area contributed by atoms with Gasteiger partial charge >= 0.3 is 0 Å². The highest BCUT2D eigenvalue weighted by Crippen LogP contribution is 2.19.